The summed E-state index contributed by atoms with van der Waals surface area (Å²) in [4.78, 5) is 11.2. The lowest BCUT2D eigenvalue weighted by atomic mass is 9.94. The van der Waals surface area contributed by atoms with Crippen LogP contribution >= 0.6 is 0 Å². The average Bonchev–Trinajstić information content (AvgIpc) is 2.48. The van der Waals surface area contributed by atoms with Crippen LogP contribution < -0.4 is 0 Å². The second-order valence-corrected chi connectivity index (χ2v) is 5.66. The highest BCUT2D eigenvalue weighted by molar-refractivity contribution is 5.55. The maximum atomic E-state index is 11.2. The van der Waals surface area contributed by atoms with Gasteiger partial charge in [-0.1, -0.05) is 52.2 Å². The fourth-order valence-electron chi connectivity index (χ4n) is 2.59. The van der Waals surface area contributed by atoms with Crippen molar-refractivity contribution in [1.82, 2.24) is 0 Å². The van der Waals surface area contributed by atoms with E-state index in [4.69, 9.17) is 0 Å². The van der Waals surface area contributed by atoms with Gasteiger partial charge >= 0.3 is 0 Å². The van der Waals surface area contributed by atoms with Crippen molar-refractivity contribution in [1.29, 1.82) is 0 Å². The molecular formula is C18H29NO. The first-order chi connectivity index (χ1) is 9.76. The molecule has 0 radical (unpaired) electrons. The van der Waals surface area contributed by atoms with Gasteiger partial charge in [-0.3, -0.25) is 0 Å². The number of nitrogens with zero attached hydrogens (tertiary/aromatic N) is 1. The van der Waals surface area contributed by atoms with Crippen LogP contribution in [0.4, 0.5) is 5.69 Å². The monoisotopic (exact) mass is 275 g/mol. The maximum Gasteiger partial charge on any atom is 0.114 e. The molecule has 0 aliphatic heterocycles. The highest BCUT2D eigenvalue weighted by atomic mass is 16.3. The Hall–Kier alpha value is -1.18. The molecule has 0 amide bonds. The zero-order valence-electron chi connectivity index (χ0n) is 13.4. The molecule has 0 aromatic heterocycles. The quantitative estimate of drug-likeness (QED) is 0.473. The third kappa shape index (κ3) is 5.07. The predicted octanol–water partition coefficient (Wildman–Crippen LogP) is 6.11. The molecule has 0 saturated carbocycles. The second-order valence-electron chi connectivity index (χ2n) is 5.66. The molecule has 0 aliphatic rings. The summed E-state index contributed by atoms with van der Waals surface area (Å²) in [5.74, 6) is 0. The molecule has 112 valence electrons. The summed E-state index contributed by atoms with van der Waals surface area (Å²) in [5, 5.41) is 3.35. The molecular weight excluding hydrogens is 246 g/mol. The molecule has 0 bridgehead atoms. The van der Waals surface area contributed by atoms with Crippen LogP contribution in [-0.4, -0.2) is 0 Å². The summed E-state index contributed by atoms with van der Waals surface area (Å²) in [7, 11) is 0. The molecule has 20 heavy (non-hydrogen) atoms. The van der Waals surface area contributed by atoms with E-state index in [1.54, 1.807) is 0 Å². The fraction of sp³-hybridized carbons (Fsp3) is 0.667. The summed E-state index contributed by atoms with van der Waals surface area (Å²) in [6.45, 7) is 6.59. The summed E-state index contributed by atoms with van der Waals surface area (Å²) < 4.78 is 0. The molecule has 1 rings (SSSR count). The first-order valence-corrected chi connectivity index (χ1v) is 8.24. The minimum atomic E-state index is 0.729. The summed E-state index contributed by atoms with van der Waals surface area (Å²) >= 11 is 0. The highest BCUT2D eigenvalue weighted by Crippen LogP contribution is 2.30. The van der Waals surface area contributed by atoms with Crippen LogP contribution in [0.5, 0.6) is 0 Å². The Bertz CT molecular complexity index is 383. The Morgan fingerprint density at radius 3 is 1.65 bits per heavy atom. The molecule has 0 saturated heterocycles. The van der Waals surface area contributed by atoms with Gasteiger partial charge in [0.15, 0.2) is 0 Å². The first kappa shape index (κ1) is 16.9. The standard InChI is InChI=1S/C18H29NO/c1-4-7-10-15-13-16(11-8-5-2)18(19-20)17(14-15)12-9-6-3/h13-14H,4-12H2,1-3H3. The van der Waals surface area contributed by atoms with Gasteiger partial charge in [-0.25, -0.2) is 0 Å². The number of aryl methyl sites for hydroxylation is 3. The third-order valence-electron chi connectivity index (χ3n) is 3.84. The van der Waals surface area contributed by atoms with Crippen LogP contribution in [0.1, 0.15) is 76.0 Å². The topological polar surface area (TPSA) is 29.4 Å². The maximum absolute atomic E-state index is 11.2. The van der Waals surface area contributed by atoms with E-state index in [0.717, 1.165) is 50.6 Å². The zero-order valence-corrected chi connectivity index (χ0v) is 13.4. The minimum Gasteiger partial charge on any atom is -0.145 e. The highest BCUT2D eigenvalue weighted by Gasteiger charge is 2.11. The van der Waals surface area contributed by atoms with Crippen molar-refractivity contribution in [3.05, 3.63) is 33.7 Å². The molecule has 1 aromatic carbocycles. The molecule has 0 atom stereocenters. The number of nitroso groups, excluding NO2 is 1. The van der Waals surface area contributed by atoms with Gasteiger partial charge in [0.2, 0.25) is 0 Å². The van der Waals surface area contributed by atoms with Crippen molar-refractivity contribution >= 4 is 5.69 Å². The van der Waals surface area contributed by atoms with E-state index in [0.29, 0.717) is 0 Å². The van der Waals surface area contributed by atoms with Gasteiger partial charge in [0.25, 0.3) is 0 Å². The number of hydrogen-bond donors (Lipinski definition) is 0. The molecule has 1 aromatic rings. The number of unbranched alkanes of at least 4 members (excludes halogenated alkanes) is 3. The average molecular weight is 275 g/mol. The molecule has 0 N–H and O–H groups in total. The van der Waals surface area contributed by atoms with Crippen LogP contribution in [0.15, 0.2) is 17.3 Å². The molecule has 0 heterocycles. The van der Waals surface area contributed by atoms with E-state index in [1.165, 1.54) is 29.5 Å². The van der Waals surface area contributed by atoms with Crippen molar-refractivity contribution in [2.45, 2.75) is 78.6 Å². The summed E-state index contributed by atoms with van der Waals surface area (Å²) in [6, 6.07) is 4.44. The number of rotatable bonds is 10. The minimum absolute atomic E-state index is 0.729. The zero-order chi connectivity index (χ0) is 14.8. The lowest BCUT2D eigenvalue weighted by Gasteiger charge is -2.12. The normalized spacial score (nSPS) is 10.8. The van der Waals surface area contributed by atoms with E-state index in [2.05, 4.69) is 38.1 Å². The van der Waals surface area contributed by atoms with E-state index >= 15 is 0 Å². The van der Waals surface area contributed by atoms with Crippen LogP contribution in [0, 0.1) is 4.91 Å². The Morgan fingerprint density at radius 1 is 0.800 bits per heavy atom. The van der Waals surface area contributed by atoms with E-state index in [1.807, 2.05) is 0 Å². The van der Waals surface area contributed by atoms with Gasteiger partial charge in [-0.2, -0.15) is 0 Å². The predicted molar refractivity (Wildman–Crippen MR) is 87.7 cm³/mol. The summed E-state index contributed by atoms with van der Waals surface area (Å²) in [5.41, 5.74) is 4.45. The number of benzene rings is 1. The lowest BCUT2D eigenvalue weighted by molar-refractivity contribution is 0.766. The van der Waals surface area contributed by atoms with Crippen molar-refractivity contribution in [2.75, 3.05) is 0 Å². The molecule has 0 fully saturated rings. The van der Waals surface area contributed by atoms with Gasteiger partial charge in [-0.15, -0.1) is 4.91 Å². The smallest absolute Gasteiger partial charge is 0.114 e. The van der Waals surface area contributed by atoms with Gasteiger partial charge in [0.05, 0.1) is 0 Å². The van der Waals surface area contributed by atoms with Crippen molar-refractivity contribution in [2.24, 2.45) is 5.18 Å². The Morgan fingerprint density at radius 2 is 1.25 bits per heavy atom. The van der Waals surface area contributed by atoms with Crippen molar-refractivity contribution in [3.63, 3.8) is 0 Å². The van der Waals surface area contributed by atoms with E-state index in [9.17, 15) is 4.91 Å². The van der Waals surface area contributed by atoms with Gasteiger partial charge in [0, 0.05) is 0 Å². The third-order valence-corrected chi connectivity index (χ3v) is 3.84. The molecule has 0 unspecified atom stereocenters. The molecule has 0 aliphatic carbocycles. The Labute approximate surface area is 124 Å². The second kappa shape index (κ2) is 9.68. The van der Waals surface area contributed by atoms with Gasteiger partial charge < -0.3 is 0 Å². The van der Waals surface area contributed by atoms with Crippen LogP contribution in [0.2, 0.25) is 0 Å². The van der Waals surface area contributed by atoms with Crippen LogP contribution in [0.25, 0.3) is 0 Å². The van der Waals surface area contributed by atoms with Crippen molar-refractivity contribution < 1.29 is 0 Å². The molecule has 2 heteroatoms. The Kier molecular flexibility index (Phi) is 8.17. The van der Waals surface area contributed by atoms with Crippen LogP contribution in [0.3, 0.4) is 0 Å². The van der Waals surface area contributed by atoms with Gasteiger partial charge in [-0.05, 0) is 60.4 Å². The molecule has 0 spiro atoms. The van der Waals surface area contributed by atoms with E-state index < -0.39 is 0 Å². The van der Waals surface area contributed by atoms with Crippen LogP contribution in [-0.2, 0) is 19.3 Å². The number of hydrogen-bond acceptors (Lipinski definition) is 2. The first-order valence-electron chi connectivity index (χ1n) is 8.24. The van der Waals surface area contributed by atoms with Crippen molar-refractivity contribution in [3.8, 4) is 0 Å². The largest absolute Gasteiger partial charge is 0.145 e. The van der Waals surface area contributed by atoms with Gasteiger partial charge in [0.1, 0.15) is 5.69 Å². The Balaban J connectivity index is 3.05. The lowest BCUT2D eigenvalue weighted by Crippen LogP contribution is -1.97. The van der Waals surface area contributed by atoms with E-state index in [-0.39, 0.29) is 0 Å². The fourth-order valence-corrected chi connectivity index (χ4v) is 2.59. The SMILES string of the molecule is CCCCc1cc(CCCC)c(N=O)c(CCCC)c1. The summed E-state index contributed by atoms with van der Waals surface area (Å²) in [6.07, 6.45) is 10.1. The molecule has 2 nitrogen and oxygen atoms in total.